The van der Waals surface area contributed by atoms with Crippen LogP contribution in [0.3, 0.4) is 0 Å². The highest BCUT2D eigenvalue weighted by Crippen LogP contribution is 2.30. The number of carbonyl (C=O) groups excluding carboxylic acids is 1. The smallest absolute Gasteiger partial charge is 0.220 e. The third-order valence-electron chi connectivity index (χ3n) is 4.94. The lowest BCUT2D eigenvalue weighted by Gasteiger charge is -2.28. The van der Waals surface area contributed by atoms with Gasteiger partial charge in [0.25, 0.3) is 0 Å². The largest absolute Gasteiger partial charge is 0.496 e. The summed E-state index contributed by atoms with van der Waals surface area (Å²) < 4.78 is 5.38. The number of amides is 1. The number of nitrogens with one attached hydrogen (secondary N) is 2. The van der Waals surface area contributed by atoms with Crippen LogP contribution >= 0.6 is 11.8 Å². The van der Waals surface area contributed by atoms with E-state index in [2.05, 4.69) is 30.5 Å². The van der Waals surface area contributed by atoms with Gasteiger partial charge in [0.2, 0.25) is 5.91 Å². The molecule has 0 aromatic heterocycles. The van der Waals surface area contributed by atoms with Gasteiger partial charge >= 0.3 is 0 Å². The summed E-state index contributed by atoms with van der Waals surface area (Å²) in [6.07, 6.45) is 3.04. The van der Waals surface area contributed by atoms with Crippen LogP contribution in [0.5, 0.6) is 5.75 Å². The number of rotatable bonds is 9. The Hall–Kier alpha value is -1.20. The van der Waals surface area contributed by atoms with Crippen molar-refractivity contribution in [3.05, 3.63) is 24.3 Å². The maximum absolute atomic E-state index is 12.2. The van der Waals surface area contributed by atoms with Crippen LogP contribution in [0.15, 0.2) is 29.2 Å². The minimum absolute atomic E-state index is 0.195. The van der Waals surface area contributed by atoms with Gasteiger partial charge in [-0.2, -0.15) is 0 Å². The molecule has 0 spiro atoms. The van der Waals surface area contributed by atoms with E-state index in [-0.39, 0.29) is 5.91 Å². The molecule has 1 aromatic carbocycles. The Morgan fingerprint density at radius 3 is 2.76 bits per heavy atom. The van der Waals surface area contributed by atoms with Crippen molar-refractivity contribution in [1.82, 2.24) is 10.6 Å². The van der Waals surface area contributed by atoms with E-state index in [0.717, 1.165) is 36.0 Å². The average molecular weight is 365 g/mol. The number of benzene rings is 1. The topological polar surface area (TPSA) is 50.4 Å². The molecule has 2 atom stereocenters. The lowest BCUT2D eigenvalue weighted by molar-refractivity contribution is -0.122. The summed E-state index contributed by atoms with van der Waals surface area (Å²) in [4.78, 5) is 13.4. The Kier molecular flexibility index (Phi) is 8.62. The molecule has 2 N–H and O–H groups in total. The fourth-order valence-corrected chi connectivity index (χ4v) is 4.31. The Bertz CT molecular complexity index is 532. The van der Waals surface area contributed by atoms with Gasteiger partial charge in [-0.25, -0.2) is 0 Å². The van der Waals surface area contributed by atoms with Crippen LogP contribution in [0.4, 0.5) is 0 Å². The van der Waals surface area contributed by atoms with Crippen molar-refractivity contribution in [1.29, 1.82) is 0 Å². The summed E-state index contributed by atoms with van der Waals surface area (Å²) in [6, 6.07) is 8.07. The first-order valence-electron chi connectivity index (χ1n) is 9.33. The monoisotopic (exact) mass is 364 g/mol. The van der Waals surface area contributed by atoms with Crippen LogP contribution in [0.25, 0.3) is 0 Å². The second-order valence-electron chi connectivity index (χ2n) is 7.14. The third-order valence-corrected chi connectivity index (χ3v) is 6.32. The number of ether oxygens (including phenoxy) is 1. The number of para-hydroxylation sites is 1. The van der Waals surface area contributed by atoms with Gasteiger partial charge in [-0.3, -0.25) is 4.79 Å². The van der Waals surface area contributed by atoms with Gasteiger partial charge in [0.15, 0.2) is 0 Å². The number of hydrogen-bond acceptors (Lipinski definition) is 4. The number of piperidine rings is 1. The summed E-state index contributed by atoms with van der Waals surface area (Å²) in [5, 5.41) is 6.50. The van der Waals surface area contributed by atoms with Crippen molar-refractivity contribution < 1.29 is 9.53 Å². The molecule has 0 radical (unpaired) electrons. The van der Waals surface area contributed by atoms with E-state index < -0.39 is 0 Å². The number of carbonyl (C=O) groups is 1. The van der Waals surface area contributed by atoms with Gasteiger partial charge in [0.05, 0.1) is 7.11 Å². The lowest BCUT2D eigenvalue weighted by atomic mass is 9.84. The molecule has 2 rings (SSSR count). The van der Waals surface area contributed by atoms with Crippen molar-refractivity contribution in [3.63, 3.8) is 0 Å². The Labute approximate surface area is 156 Å². The van der Waals surface area contributed by atoms with Crippen LogP contribution in [0.1, 0.15) is 33.1 Å². The molecule has 1 heterocycles. The van der Waals surface area contributed by atoms with Gasteiger partial charge in [-0.05, 0) is 55.8 Å². The fraction of sp³-hybridized carbons (Fsp3) is 0.650. The van der Waals surface area contributed by atoms with Gasteiger partial charge in [0, 0.05) is 23.6 Å². The summed E-state index contributed by atoms with van der Waals surface area (Å²) in [5.74, 6) is 3.66. The molecular weight excluding hydrogens is 332 g/mol. The van der Waals surface area contributed by atoms with Crippen LogP contribution in [-0.2, 0) is 4.79 Å². The van der Waals surface area contributed by atoms with Crippen molar-refractivity contribution in [2.45, 2.75) is 38.0 Å². The zero-order valence-electron chi connectivity index (χ0n) is 15.7. The molecule has 140 valence electrons. The molecule has 0 bridgehead atoms. The van der Waals surface area contributed by atoms with Crippen molar-refractivity contribution in [2.24, 2.45) is 17.8 Å². The van der Waals surface area contributed by atoms with E-state index in [0.29, 0.717) is 24.2 Å². The van der Waals surface area contributed by atoms with E-state index in [1.165, 1.54) is 12.8 Å². The molecule has 1 aliphatic rings. The number of methoxy groups -OCH3 is 1. The summed E-state index contributed by atoms with van der Waals surface area (Å²) >= 11 is 1.78. The molecule has 4 nitrogen and oxygen atoms in total. The Morgan fingerprint density at radius 2 is 2.04 bits per heavy atom. The van der Waals surface area contributed by atoms with Gasteiger partial charge in [0.1, 0.15) is 5.75 Å². The summed E-state index contributed by atoms with van der Waals surface area (Å²) in [5.41, 5.74) is 0. The van der Waals surface area contributed by atoms with E-state index >= 15 is 0 Å². The quantitative estimate of drug-likeness (QED) is 0.658. The molecule has 5 heteroatoms. The van der Waals surface area contributed by atoms with Gasteiger partial charge in [-0.1, -0.05) is 26.0 Å². The predicted octanol–water partition coefficient (Wildman–Crippen LogP) is 3.57. The lowest BCUT2D eigenvalue weighted by Crippen LogP contribution is -2.34. The minimum Gasteiger partial charge on any atom is -0.496 e. The molecule has 1 amide bonds. The first kappa shape index (κ1) is 20.1. The van der Waals surface area contributed by atoms with Crippen LogP contribution in [0.2, 0.25) is 0 Å². The highest BCUT2D eigenvalue weighted by Gasteiger charge is 2.22. The van der Waals surface area contributed by atoms with Gasteiger partial charge in [-0.15, -0.1) is 11.8 Å². The van der Waals surface area contributed by atoms with E-state index in [4.69, 9.17) is 4.74 Å². The highest BCUT2D eigenvalue weighted by molar-refractivity contribution is 7.99. The molecule has 0 aliphatic carbocycles. The minimum atomic E-state index is 0.195. The maximum atomic E-state index is 12.2. The Balaban J connectivity index is 1.66. The maximum Gasteiger partial charge on any atom is 0.220 e. The second kappa shape index (κ2) is 10.7. The molecule has 1 aromatic rings. The summed E-state index contributed by atoms with van der Waals surface area (Å²) in [7, 11) is 1.70. The second-order valence-corrected chi connectivity index (χ2v) is 8.20. The molecule has 1 aliphatic heterocycles. The zero-order chi connectivity index (χ0) is 18.1. The number of hydrogen-bond donors (Lipinski definition) is 2. The highest BCUT2D eigenvalue weighted by atomic mass is 32.2. The first-order chi connectivity index (χ1) is 12.1. The number of thioether (sulfide) groups is 1. The van der Waals surface area contributed by atoms with Crippen molar-refractivity contribution in [2.75, 3.05) is 32.5 Å². The predicted molar refractivity (Wildman–Crippen MR) is 105 cm³/mol. The standard InChI is InChI=1S/C20H32N2O2S/c1-15(14-25-19-7-5-4-6-18(19)24-3)13-22-20(23)12-16(2)17-8-10-21-11-9-17/h4-7,15-17,21H,8-14H2,1-3H3,(H,22,23). The van der Waals surface area contributed by atoms with Crippen LogP contribution in [0, 0.1) is 17.8 Å². The van der Waals surface area contributed by atoms with E-state index in [1.807, 2.05) is 18.2 Å². The fourth-order valence-electron chi connectivity index (χ4n) is 3.26. The Morgan fingerprint density at radius 1 is 1.32 bits per heavy atom. The van der Waals surface area contributed by atoms with Gasteiger partial charge < -0.3 is 15.4 Å². The molecule has 25 heavy (non-hydrogen) atoms. The van der Waals surface area contributed by atoms with Crippen molar-refractivity contribution >= 4 is 17.7 Å². The molecule has 0 saturated carbocycles. The van der Waals surface area contributed by atoms with E-state index in [1.54, 1.807) is 18.9 Å². The molecule has 2 unspecified atom stereocenters. The SMILES string of the molecule is COc1ccccc1SCC(C)CNC(=O)CC(C)C1CCNCC1. The van der Waals surface area contributed by atoms with Crippen molar-refractivity contribution in [3.8, 4) is 5.75 Å². The van der Waals surface area contributed by atoms with Crippen LogP contribution in [-0.4, -0.2) is 38.4 Å². The first-order valence-corrected chi connectivity index (χ1v) is 10.3. The average Bonchev–Trinajstić information content (AvgIpc) is 2.65. The van der Waals surface area contributed by atoms with E-state index in [9.17, 15) is 4.79 Å². The summed E-state index contributed by atoms with van der Waals surface area (Å²) in [6.45, 7) is 7.32. The van der Waals surface area contributed by atoms with Crippen LogP contribution < -0.4 is 15.4 Å². The third kappa shape index (κ3) is 6.90. The molecule has 1 fully saturated rings. The molecular formula is C20H32N2O2S. The normalized spacial score (nSPS) is 17.7. The zero-order valence-corrected chi connectivity index (χ0v) is 16.5. The molecule has 1 saturated heterocycles.